The van der Waals surface area contributed by atoms with Gasteiger partial charge in [0.05, 0.1) is 12.1 Å². The second-order valence-electron chi connectivity index (χ2n) is 3.90. The number of amides is 1. The van der Waals surface area contributed by atoms with Crippen molar-refractivity contribution < 1.29 is 13.9 Å². The summed E-state index contributed by atoms with van der Waals surface area (Å²) >= 11 is 9.12. The van der Waals surface area contributed by atoms with Crippen molar-refractivity contribution in [2.75, 3.05) is 12.4 Å². The number of anilines is 1. The molecule has 0 saturated carbocycles. The number of hydrogen-bond donors (Lipinski definition) is 1. The summed E-state index contributed by atoms with van der Waals surface area (Å²) in [5, 5.41) is 3.11. The highest BCUT2D eigenvalue weighted by Gasteiger charge is 2.17. The van der Waals surface area contributed by atoms with Crippen molar-refractivity contribution in [1.29, 1.82) is 0 Å². The van der Waals surface area contributed by atoms with Gasteiger partial charge in [-0.15, -0.1) is 0 Å². The summed E-state index contributed by atoms with van der Waals surface area (Å²) in [6, 6.07) is 9.08. The molecule has 104 valence electrons. The lowest BCUT2D eigenvalue weighted by Gasteiger charge is -2.10. The van der Waals surface area contributed by atoms with Crippen molar-refractivity contribution >= 4 is 39.1 Å². The van der Waals surface area contributed by atoms with E-state index < -0.39 is 11.7 Å². The van der Waals surface area contributed by atoms with E-state index in [2.05, 4.69) is 21.2 Å². The first kappa shape index (κ1) is 14.8. The zero-order valence-electron chi connectivity index (χ0n) is 10.4. The molecule has 1 N–H and O–H groups in total. The van der Waals surface area contributed by atoms with E-state index in [9.17, 15) is 9.18 Å². The lowest BCUT2D eigenvalue weighted by Crippen LogP contribution is -2.15. The molecular weight excluding hydrogens is 349 g/mol. The third kappa shape index (κ3) is 3.11. The molecule has 0 unspecified atom stereocenters. The normalized spacial score (nSPS) is 10.2. The van der Waals surface area contributed by atoms with Crippen molar-refractivity contribution in [2.24, 2.45) is 0 Å². The van der Waals surface area contributed by atoms with Gasteiger partial charge in [-0.25, -0.2) is 4.39 Å². The average molecular weight is 359 g/mol. The van der Waals surface area contributed by atoms with Gasteiger partial charge >= 0.3 is 0 Å². The van der Waals surface area contributed by atoms with E-state index in [1.54, 1.807) is 18.2 Å². The number of nitrogens with one attached hydrogen (secondary N) is 1. The molecule has 2 rings (SSSR count). The van der Waals surface area contributed by atoms with Crippen molar-refractivity contribution in [3.05, 3.63) is 57.3 Å². The van der Waals surface area contributed by atoms with Crippen LogP contribution in [0.3, 0.4) is 0 Å². The predicted octanol–water partition coefficient (Wildman–Crippen LogP) is 4.50. The molecule has 0 aliphatic rings. The zero-order chi connectivity index (χ0) is 14.7. The number of methoxy groups -OCH3 is 1. The summed E-state index contributed by atoms with van der Waals surface area (Å²) in [6.45, 7) is 0. The number of carbonyl (C=O) groups excluding carboxylic acids is 1. The van der Waals surface area contributed by atoms with Crippen molar-refractivity contribution in [2.45, 2.75) is 0 Å². The Bertz CT molecular complexity index is 664. The Hall–Kier alpha value is -1.59. The van der Waals surface area contributed by atoms with Crippen LogP contribution in [0.1, 0.15) is 10.4 Å². The van der Waals surface area contributed by atoms with Crippen LogP contribution in [0, 0.1) is 5.82 Å². The second kappa shape index (κ2) is 6.24. The van der Waals surface area contributed by atoms with Crippen LogP contribution in [0.15, 0.2) is 40.9 Å². The van der Waals surface area contributed by atoms with Crippen LogP contribution in [0.2, 0.25) is 5.02 Å². The van der Waals surface area contributed by atoms with E-state index in [0.717, 1.165) is 0 Å². The fourth-order valence-electron chi connectivity index (χ4n) is 1.66. The van der Waals surface area contributed by atoms with Gasteiger partial charge in [-0.1, -0.05) is 17.7 Å². The maximum absolute atomic E-state index is 13.8. The first-order chi connectivity index (χ1) is 9.52. The minimum atomic E-state index is -0.644. The van der Waals surface area contributed by atoms with Crippen LogP contribution in [0.25, 0.3) is 0 Å². The molecule has 0 aliphatic heterocycles. The Morgan fingerprint density at radius 1 is 1.35 bits per heavy atom. The van der Waals surface area contributed by atoms with E-state index in [-0.39, 0.29) is 11.3 Å². The van der Waals surface area contributed by atoms with E-state index in [1.807, 2.05) is 0 Å². The third-order valence-electron chi connectivity index (χ3n) is 2.60. The fourth-order valence-corrected chi connectivity index (χ4v) is 2.16. The summed E-state index contributed by atoms with van der Waals surface area (Å²) in [5.74, 6) is -1.06. The first-order valence-electron chi connectivity index (χ1n) is 5.62. The maximum Gasteiger partial charge on any atom is 0.262 e. The summed E-state index contributed by atoms with van der Waals surface area (Å²) in [6.07, 6.45) is 0. The minimum Gasteiger partial charge on any atom is -0.496 e. The quantitative estimate of drug-likeness (QED) is 0.877. The highest BCUT2D eigenvalue weighted by Crippen LogP contribution is 2.27. The Morgan fingerprint density at radius 2 is 2.10 bits per heavy atom. The largest absolute Gasteiger partial charge is 0.496 e. The molecule has 6 heteroatoms. The van der Waals surface area contributed by atoms with Crippen LogP contribution in [-0.4, -0.2) is 13.0 Å². The van der Waals surface area contributed by atoms with Gasteiger partial charge in [0.25, 0.3) is 5.91 Å². The molecule has 0 fully saturated rings. The van der Waals surface area contributed by atoms with Gasteiger partial charge in [0.1, 0.15) is 17.1 Å². The molecule has 1 amide bonds. The van der Waals surface area contributed by atoms with Crippen LogP contribution in [-0.2, 0) is 0 Å². The molecule has 20 heavy (non-hydrogen) atoms. The highest BCUT2D eigenvalue weighted by atomic mass is 79.9. The predicted molar refractivity (Wildman–Crippen MR) is 80.1 cm³/mol. The maximum atomic E-state index is 13.8. The van der Waals surface area contributed by atoms with Crippen LogP contribution >= 0.6 is 27.5 Å². The second-order valence-corrected chi connectivity index (χ2v) is 5.16. The van der Waals surface area contributed by atoms with Crippen molar-refractivity contribution in [1.82, 2.24) is 0 Å². The van der Waals surface area contributed by atoms with Crippen molar-refractivity contribution in [3.8, 4) is 5.75 Å². The van der Waals surface area contributed by atoms with Gasteiger partial charge in [0.15, 0.2) is 0 Å². The van der Waals surface area contributed by atoms with Gasteiger partial charge in [0, 0.05) is 10.2 Å². The number of hydrogen-bond acceptors (Lipinski definition) is 2. The molecule has 3 nitrogen and oxygen atoms in total. The topological polar surface area (TPSA) is 38.3 Å². The summed E-state index contributed by atoms with van der Waals surface area (Å²) in [7, 11) is 1.38. The molecule has 0 spiro atoms. The van der Waals surface area contributed by atoms with E-state index >= 15 is 0 Å². The smallest absolute Gasteiger partial charge is 0.262 e. The monoisotopic (exact) mass is 357 g/mol. The Balaban J connectivity index is 2.30. The average Bonchev–Trinajstić information content (AvgIpc) is 2.42. The number of halogens is 3. The zero-order valence-corrected chi connectivity index (χ0v) is 12.8. The molecule has 2 aromatic carbocycles. The Morgan fingerprint density at radius 3 is 2.75 bits per heavy atom. The van der Waals surface area contributed by atoms with Gasteiger partial charge < -0.3 is 10.1 Å². The number of rotatable bonds is 3. The Labute approximate surface area is 128 Å². The lowest BCUT2D eigenvalue weighted by atomic mass is 10.1. The van der Waals surface area contributed by atoms with Gasteiger partial charge in [-0.3, -0.25) is 4.79 Å². The molecule has 2 aromatic rings. The summed E-state index contributed by atoms with van der Waals surface area (Å²) in [4.78, 5) is 12.1. The molecular formula is C14H10BrClFNO2. The van der Waals surface area contributed by atoms with E-state index in [4.69, 9.17) is 16.3 Å². The molecule has 0 saturated heterocycles. The van der Waals surface area contributed by atoms with Crippen LogP contribution < -0.4 is 10.1 Å². The molecule has 0 atom stereocenters. The molecule has 0 heterocycles. The fraction of sp³-hybridized carbons (Fsp3) is 0.0714. The van der Waals surface area contributed by atoms with Crippen molar-refractivity contribution in [3.63, 3.8) is 0 Å². The number of ether oxygens (including phenoxy) is 1. The van der Waals surface area contributed by atoms with Crippen LogP contribution in [0.4, 0.5) is 10.1 Å². The third-order valence-corrected chi connectivity index (χ3v) is 3.81. The summed E-state index contributed by atoms with van der Waals surface area (Å²) in [5.41, 5.74) is 0.359. The Kier molecular flexibility index (Phi) is 4.62. The highest BCUT2D eigenvalue weighted by molar-refractivity contribution is 9.10. The summed E-state index contributed by atoms with van der Waals surface area (Å²) < 4.78 is 19.4. The minimum absolute atomic E-state index is 0.138. The number of carbonyl (C=O) groups is 1. The van der Waals surface area contributed by atoms with E-state index in [1.165, 1.54) is 25.3 Å². The molecule has 0 aliphatic carbocycles. The molecule has 0 aromatic heterocycles. The van der Waals surface area contributed by atoms with E-state index in [0.29, 0.717) is 15.2 Å². The standard InChI is InChI=1S/C14H10BrClFNO2/c1-20-12-4-2-3-11(17)13(12)14(19)18-8-5-6-10(16)9(15)7-8/h2-7H,1H3,(H,18,19). The lowest BCUT2D eigenvalue weighted by molar-refractivity contribution is 0.102. The molecule has 0 bridgehead atoms. The molecule has 0 radical (unpaired) electrons. The van der Waals surface area contributed by atoms with Crippen LogP contribution in [0.5, 0.6) is 5.75 Å². The first-order valence-corrected chi connectivity index (χ1v) is 6.79. The number of benzene rings is 2. The van der Waals surface area contributed by atoms with Gasteiger partial charge in [-0.2, -0.15) is 0 Å². The van der Waals surface area contributed by atoms with Gasteiger partial charge in [0.2, 0.25) is 0 Å². The SMILES string of the molecule is COc1cccc(F)c1C(=O)Nc1ccc(Cl)c(Br)c1. The van der Waals surface area contributed by atoms with Gasteiger partial charge in [-0.05, 0) is 46.3 Å².